The van der Waals surface area contributed by atoms with Gasteiger partial charge >= 0.3 is 0 Å². The molecule has 4 nitrogen and oxygen atoms in total. The van der Waals surface area contributed by atoms with Crippen molar-refractivity contribution in [2.75, 3.05) is 24.3 Å². The summed E-state index contributed by atoms with van der Waals surface area (Å²) in [6.07, 6.45) is 0. The fourth-order valence-electron chi connectivity index (χ4n) is 1.91. The van der Waals surface area contributed by atoms with Gasteiger partial charge in [0.2, 0.25) is 0 Å². The van der Waals surface area contributed by atoms with Gasteiger partial charge in [-0.15, -0.1) is 0 Å². The van der Waals surface area contributed by atoms with Crippen LogP contribution in [-0.2, 0) is 0 Å². The molecule has 0 atom stereocenters. The molecule has 0 fully saturated rings. The Kier molecular flexibility index (Phi) is 4.04. The van der Waals surface area contributed by atoms with Gasteiger partial charge in [-0.3, -0.25) is 0 Å². The van der Waals surface area contributed by atoms with Crippen molar-refractivity contribution >= 4 is 33.1 Å². The Balaban J connectivity index is 2.30. The van der Waals surface area contributed by atoms with E-state index in [1.807, 2.05) is 33.2 Å². The first-order valence-corrected chi connectivity index (χ1v) is 6.81. The maximum atomic E-state index is 4.36. The van der Waals surface area contributed by atoms with Gasteiger partial charge in [0.15, 0.2) is 0 Å². The summed E-state index contributed by atoms with van der Waals surface area (Å²) in [5.41, 5.74) is 3.45. The number of anilines is 3. The van der Waals surface area contributed by atoms with Crippen molar-refractivity contribution < 1.29 is 0 Å². The summed E-state index contributed by atoms with van der Waals surface area (Å²) in [5.74, 6) is 1.52. The van der Waals surface area contributed by atoms with Crippen LogP contribution in [0.25, 0.3) is 0 Å². The van der Waals surface area contributed by atoms with E-state index in [9.17, 15) is 0 Å². The quantitative estimate of drug-likeness (QED) is 0.876. The van der Waals surface area contributed by atoms with Crippen LogP contribution in [0.1, 0.15) is 11.4 Å². The highest BCUT2D eigenvalue weighted by atomic mass is 79.9. The van der Waals surface area contributed by atoms with Gasteiger partial charge in [-0.25, -0.2) is 9.97 Å². The summed E-state index contributed by atoms with van der Waals surface area (Å²) in [5, 5.41) is 3.30. The second kappa shape index (κ2) is 5.57. The molecular weight excluding hydrogens is 304 g/mol. The van der Waals surface area contributed by atoms with Crippen molar-refractivity contribution in [1.82, 2.24) is 9.97 Å². The van der Waals surface area contributed by atoms with E-state index >= 15 is 0 Å². The van der Waals surface area contributed by atoms with Crippen LogP contribution in [0.2, 0.25) is 0 Å². The number of benzene rings is 1. The standard InChI is InChI=1S/C14H17BrN4/c1-9-5-6-11(7-12(9)19(3)4)18-14-8-13(15)16-10(2)17-14/h5-8H,1-4H3,(H,16,17,18). The molecule has 1 N–H and O–H groups in total. The number of rotatable bonds is 3. The molecule has 0 saturated carbocycles. The largest absolute Gasteiger partial charge is 0.377 e. The third-order valence-electron chi connectivity index (χ3n) is 2.77. The first-order valence-electron chi connectivity index (χ1n) is 6.02. The molecule has 19 heavy (non-hydrogen) atoms. The predicted molar refractivity (Wildman–Crippen MR) is 83.3 cm³/mol. The van der Waals surface area contributed by atoms with Crippen molar-refractivity contribution in [3.63, 3.8) is 0 Å². The SMILES string of the molecule is Cc1nc(Br)cc(Nc2ccc(C)c(N(C)C)c2)n1. The van der Waals surface area contributed by atoms with E-state index in [0.29, 0.717) is 0 Å². The van der Waals surface area contributed by atoms with Gasteiger partial charge in [0.05, 0.1) is 0 Å². The second-order valence-electron chi connectivity index (χ2n) is 4.64. The van der Waals surface area contributed by atoms with Crippen LogP contribution >= 0.6 is 15.9 Å². The zero-order valence-corrected chi connectivity index (χ0v) is 13.1. The minimum absolute atomic E-state index is 0.733. The molecule has 0 aliphatic carbocycles. The van der Waals surface area contributed by atoms with Crippen molar-refractivity contribution in [3.05, 3.63) is 40.3 Å². The molecule has 0 aliphatic heterocycles. The summed E-state index contributed by atoms with van der Waals surface area (Å²) >= 11 is 3.38. The average molecular weight is 321 g/mol. The molecule has 0 unspecified atom stereocenters. The van der Waals surface area contributed by atoms with Gasteiger partial charge in [-0.1, -0.05) is 6.07 Å². The molecule has 1 heterocycles. The van der Waals surface area contributed by atoms with Gasteiger partial charge in [0.1, 0.15) is 16.2 Å². The van der Waals surface area contributed by atoms with Crippen molar-refractivity contribution in [2.24, 2.45) is 0 Å². The van der Waals surface area contributed by atoms with Gasteiger partial charge in [0, 0.05) is 31.5 Å². The molecule has 0 aliphatic rings. The third-order valence-corrected chi connectivity index (χ3v) is 3.18. The summed E-state index contributed by atoms with van der Waals surface area (Å²) in [6, 6.07) is 8.12. The molecule has 1 aromatic carbocycles. The van der Waals surface area contributed by atoms with E-state index in [1.165, 1.54) is 11.3 Å². The molecule has 0 spiro atoms. The van der Waals surface area contributed by atoms with E-state index in [0.717, 1.165) is 21.9 Å². The van der Waals surface area contributed by atoms with E-state index < -0.39 is 0 Å². The Hall–Kier alpha value is -1.62. The molecule has 1 aromatic heterocycles. The molecule has 5 heteroatoms. The fraction of sp³-hybridized carbons (Fsp3) is 0.286. The van der Waals surface area contributed by atoms with E-state index in [2.05, 4.69) is 55.2 Å². The normalized spacial score (nSPS) is 10.4. The van der Waals surface area contributed by atoms with Crippen molar-refractivity contribution in [2.45, 2.75) is 13.8 Å². The smallest absolute Gasteiger partial charge is 0.135 e. The van der Waals surface area contributed by atoms with Crippen LogP contribution in [-0.4, -0.2) is 24.1 Å². The summed E-state index contributed by atoms with van der Waals surface area (Å²) in [6.45, 7) is 3.97. The van der Waals surface area contributed by atoms with E-state index in [-0.39, 0.29) is 0 Å². The molecular formula is C14H17BrN4. The van der Waals surface area contributed by atoms with Crippen molar-refractivity contribution in [3.8, 4) is 0 Å². The number of halogens is 1. The van der Waals surface area contributed by atoms with Crippen LogP contribution in [0.4, 0.5) is 17.2 Å². The summed E-state index contributed by atoms with van der Waals surface area (Å²) < 4.78 is 0.780. The highest BCUT2D eigenvalue weighted by molar-refractivity contribution is 9.10. The van der Waals surface area contributed by atoms with Gasteiger partial charge in [-0.05, 0) is 47.5 Å². The minimum atomic E-state index is 0.733. The monoisotopic (exact) mass is 320 g/mol. The lowest BCUT2D eigenvalue weighted by Crippen LogP contribution is -2.10. The zero-order valence-electron chi connectivity index (χ0n) is 11.5. The first-order chi connectivity index (χ1) is 8.95. The molecule has 0 amide bonds. The lowest BCUT2D eigenvalue weighted by molar-refractivity contribution is 1.04. The zero-order chi connectivity index (χ0) is 14.0. The highest BCUT2D eigenvalue weighted by Crippen LogP contribution is 2.25. The molecule has 100 valence electrons. The topological polar surface area (TPSA) is 41.1 Å². The number of nitrogens with zero attached hydrogens (tertiary/aromatic N) is 3. The Bertz CT molecular complexity index is 576. The van der Waals surface area contributed by atoms with E-state index in [1.54, 1.807) is 0 Å². The Morgan fingerprint density at radius 1 is 1.11 bits per heavy atom. The average Bonchev–Trinajstić information content (AvgIpc) is 2.30. The fourth-order valence-corrected chi connectivity index (χ4v) is 2.39. The summed E-state index contributed by atoms with van der Waals surface area (Å²) in [7, 11) is 4.08. The van der Waals surface area contributed by atoms with E-state index in [4.69, 9.17) is 0 Å². The van der Waals surface area contributed by atoms with Crippen LogP contribution in [0.3, 0.4) is 0 Å². The van der Waals surface area contributed by atoms with Crippen LogP contribution in [0.15, 0.2) is 28.9 Å². The first kappa shape index (κ1) is 13.8. The Morgan fingerprint density at radius 3 is 2.47 bits per heavy atom. The molecule has 2 aromatic rings. The lowest BCUT2D eigenvalue weighted by Gasteiger charge is -2.17. The van der Waals surface area contributed by atoms with Crippen molar-refractivity contribution in [1.29, 1.82) is 0 Å². The lowest BCUT2D eigenvalue weighted by atomic mass is 10.1. The molecule has 2 rings (SSSR count). The number of hydrogen-bond donors (Lipinski definition) is 1. The van der Waals surface area contributed by atoms with Gasteiger partial charge in [-0.2, -0.15) is 0 Å². The molecule has 0 radical (unpaired) electrons. The maximum Gasteiger partial charge on any atom is 0.135 e. The predicted octanol–water partition coefficient (Wildman–Crippen LogP) is 3.67. The number of aryl methyl sites for hydroxylation is 2. The van der Waals surface area contributed by atoms with Crippen LogP contribution in [0, 0.1) is 13.8 Å². The summed E-state index contributed by atoms with van der Waals surface area (Å²) in [4.78, 5) is 10.7. The van der Waals surface area contributed by atoms with Crippen LogP contribution < -0.4 is 10.2 Å². The Labute approximate surface area is 122 Å². The molecule has 0 bridgehead atoms. The third kappa shape index (κ3) is 3.44. The number of hydrogen-bond acceptors (Lipinski definition) is 4. The minimum Gasteiger partial charge on any atom is -0.377 e. The van der Waals surface area contributed by atoms with Gasteiger partial charge < -0.3 is 10.2 Å². The number of aromatic nitrogens is 2. The number of nitrogens with one attached hydrogen (secondary N) is 1. The highest BCUT2D eigenvalue weighted by Gasteiger charge is 2.04. The molecule has 0 saturated heterocycles. The maximum absolute atomic E-state index is 4.36. The Morgan fingerprint density at radius 2 is 1.84 bits per heavy atom. The van der Waals surface area contributed by atoms with Gasteiger partial charge in [0.25, 0.3) is 0 Å². The van der Waals surface area contributed by atoms with Crippen LogP contribution in [0.5, 0.6) is 0 Å². The second-order valence-corrected chi connectivity index (χ2v) is 5.46.